The number of anilines is 1. The molecule has 1 N–H and O–H groups in total. The minimum atomic E-state index is -4.42. The van der Waals surface area contributed by atoms with Crippen molar-refractivity contribution >= 4 is 11.7 Å². The van der Waals surface area contributed by atoms with Crippen molar-refractivity contribution in [2.75, 3.05) is 18.4 Å². The van der Waals surface area contributed by atoms with Gasteiger partial charge in [-0.3, -0.25) is 9.48 Å². The highest BCUT2D eigenvalue weighted by molar-refractivity contribution is 6.01. The Labute approximate surface area is 196 Å². The first kappa shape index (κ1) is 23.8. The zero-order chi connectivity index (χ0) is 24.5. The van der Waals surface area contributed by atoms with Crippen molar-refractivity contribution in [3.05, 3.63) is 65.6 Å². The number of benzene rings is 1. The number of amides is 1. The number of nitrogens with zero attached hydrogens (tertiary/aromatic N) is 4. The molecule has 3 heterocycles. The molecule has 0 saturated carbocycles. The van der Waals surface area contributed by atoms with Crippen molar-refractivity contribution in [2.24, 2.45) is 13.0 Å². The van der Waals surface area contributed by atoms with E-state index in [2.05, 4.69) is 22.3 Å². The lowest BCUT2D eigenvalue weighted by atomic mass is 9.89. The van der Waals surface area contributed by atoms with E-state index in [0.717, 1.165) is 41.8 Å². The van der Waals surface area contributed by atoms with Crippen LogP contribution in [0.15, 0.2) is 48.9 Å². The Hall–Kier alpha value is -3.36. The van der Waals surface area contributed by atoms with Crippen molar-refractivity contribution in [1.82, 2.24) is 19.7 Å². The van der Waals surface area contributed by atoms with Gasteiger partial charge in [0, 0.05) is 43.7 Å². The van der Waals surface area contributed by atoms with Gasteiger partial charge in [0.25, 0.3) is 5.91 Å². The van der Waals surface area contributed by atoms with Crippen molar-refractivity contribution in [3.63, 3.8) is 0 Å². The van der Waals surface area contributed by atoms with Gasteiger partial charge in [-0.1, -0.05) is 24.6 Å². The number of piperidine rings is 1. The quantitative estimate of drug-likeness (QED) is 0.558. The van der Waals surface area contributed by atoms with Crippen LogP contribution in [0.25, 0.3) is 11.1 Å². The summed E-state index contributed by atoms with van der Waals surface area (Å²) < 4.78 is 40.2. The first-order valence-corrected chi connectivity index (χ1v) is 11.3. The van der Waals surface area contributed by atoms with Gasteiger partial charge in [0.05, 0.1) is 17.8 Å². The Balaban J connectivity index is 1.57. The molecule has 1 fully saturated rings. The standard InChI is InChI=1S/C25H28F3N5O/c1-16-6-8-20(18-12-31-32(3)15-18)21(11-16)24(34)33-10-4-5-17(2)22(33)14-30-23-9-7-19(13-29-23)25(26,27)28/h6-9,11-13,15,17,22H,4-5,10,14H2,1-3H3,(H,29,30)/t17-,22?/m1/s1. The minimum Gasteiger partial charge on any atom is -0.368 e. The largest absolute Gasteiger partial charge is 0.417 e. The number of pyridine rings is 1. The highest BCUT2D eigenvalue weighted by Gasteiger charge is 2.34. The molecular weight excluding hydrogens is 443 g/mol. The fraction of sp³-hybridized carbons (Fsp3) is 0.400. The predicted molar refractivity (Wildman–Crippen MR) is 124 cm³/mol. The Bertz CT molecular complexity index is 1160. The summed E-state index contributed by atoms with van der Waals surface area (Å²) in [6.45, 7) is 5.08. The van der Waals surface area contributed by atoms with Gasteiger partial charge in [-0.25, -0.2) is 4.98 Å². The van der Waals surface area contributed by atoms with Gasteiger partial charge in [0.2, 0.25) is 0 Å². The summed E-state index contributed by atoms with van der Waals surface area (Å²) in [5.74, 6) is 0.525. The van der Waals surface area contributed by atoms with E-state index in [0.29, 0.717) is 24.5 Å². The Morgan fingerprint density at radius 3 is 2.65 bits per heavy atom. The Morgan fingerprint density at radius 1 is 1.21 bits per heavy atom. The van der Waals surface area contributed by atoms with Crippen LogP contribution in [0.5, 0.6) is 0 Å². The molecule has 9 heteroatoms. The zero-order valence-electron chi connectivity index (χ0n) is 19.4. The summed E-state index contributed by atoms with van der Waals surface area (Å²) in [4.78, 5) is 19.6. The van der Waals surface area contributed by atoms with Gasteiger partial charge >= 0.3 is 6.18 Å². The van der Waals surface area contributed by atoms with Crippen LogP contribution in [0.1, 0.15) is 41.3 Å². The number of hydrogen-bond donors (Lipinski definition) is 1. The second-order valence-electron chi connectivity index (χ2n) is 8.95. The van der Waals surface area contributed by atoms with Crippen LogP contribution in [0.3, 0.4) is 0 Å². The molecule has 1 unspecified atom stereocenters. The first-order chi connectivity index (χ1) is 16.1. The molecule has 2 atom stereocenters. The molecule has 34 heavy (non-hydrogen) atoms. The maximum atomic E-state index is 13.8. The molecule has 3 aromatic rings. The molecule has 0 aliphatic carbocycles. The average Bonchev–Trinajstić information content (AvgIpc) is 3.23. The molecular formula is C25H28F3N5O. The molecule has 0 radical (unpaired) electrons. The SMILES string of the molecule is Cc1ccc(-c2cnn(C)c2)c(C(=O)N2CCC[C@@H](C)C2CNc2ccc(C(F)(F)F)cn2)c1. The molecule has 2 aromatic heterocycles. The van der Waals surface area contributed by atoms with E-state index < -0.39 is 11.7 Å². The lowest BCUT2D eigenvalue weighted by Gasteiger charge is -2.40. The number of halogens is 3. The maximum absolute atomic E-state index is 13.8. The molecule has 4 rings (SSSR count). The average molecular weight is 472 g/mol. The zero-order valence-corrected chi connectivity index (χ0v) is 19.4. The number of aryl methyl sites for hydroxylation is 2. The minimum absolute atomic E-state index is 0.0544. The molecule has 0 bridgehead atoms. The predicted octanol–water partition coefficient (Wildman–Crippen LogP) is 5.16. The van der Waals surface area contributed by atoms with E-state index in [1.807, 2.05) is 43.3 Å². The third-order valence-electron chi connectivity index (χ3n) is 6.38. The van der Waals surface area contributed by atoms with Crippen LogP contribution in [-0.2, 0) is 13.2 Å². The number of hydrogen-bond acceptors (Lipinski definition) is 4. The fourth-order valence-corrected chi connectivity index (χ4v) is 4.49. The van der Waals surface area contributed by atoms with Crippen molar-refractivity contribution in [3.8, 4) is 11.1 Å². The van der Waals surface area contributed by atoms with Crippen LogP contribution >= 0.6 is 0 Å². The van der Waals surface area contributed by atoms with Gasteiger partial charge in [-0.2, -0.15) is 18.3 Å². The van der Waals surface area contributed by atoms with Crippen LogP contribution in [0.2, 0.25) is 0 Å². The molecule has 180 valence electrons. The summed E-state index contributed by atoms with van der Waals surface area (Å²) >= 11 is 0. The second-order valence-corrected chi connectivity index (χ2v) is 8.95. The number of alkyl halides is 3. The summed E-state index contributed by atoms with van der Waals surface area (Å²) in [6, 6.07) is 8.05. The second kappa shape index (κ2) is 9.48. The molecule has 1 saturated heterocycles. The van der Waals surface area contributed by atoms with Crippen LogP contribution in [0, 0.1) is 12.8 Å². The number of carbonyl (C=O) groups excluding carboxylic acids is 1. The third-order valence-corrected chi connectivity index (χ3v) is 6.38. The van der Waals surface area contributed by atoms with E-state index >= 15 is 0 Å². The van der Waals surface area contributed by atoms with Crippen molar-refractivity contribution in [2.45, 2.75) is 38.9 Å². The first-order valence-electron chi connectivity index (χ1n) is 11.3. The number of aromatic nitrogens is 3. The molecule has 6 nitrogen and oxygen atoms in total. The molecule has 1 amide bonds. The van der Waals surface area contributed by atoms with Crippen LogP contribution in [0.4, 0.5) is 19.0 Å². The van der Waals surface area contributed by atoms with E-state index in [-0.39, 0.29) is 17.9 Å². The number of rotatable bonds is 5. The maximum Gasteiger partial charge on any atom is 0.417 e. The molecule has 1 aliphatic heterocycles. The summed E-state index contributed by atoms with van der Waals surface area (Å²) in [5.41, 5.74) is 2.53. The normalized spacial score (nSPS) is 18.7. The Morgan fingerprint density at radius 2 is 2.00 bits per heavy atom. The van der Waals surface area contributed by atoms with Gasteiger partial charge in [-0.05, 0) is 49.4 Å². The lowest BCUT2D eigenvalue weighted by molar-refractivity contribution is -0.137. The fourth-order valence-electron chi connectivity index (χ4n) is 4.49. The number of likely N-dealkylation sites (tertiary alicyclic amines) is 1. The highest BCUT2D eigenvalue weighted by Crippen LogP contribution is 2.31. The van der Waals surface area contributed by atoms with Gasteiger partial charge in [0.1, 0.15) is 5.82 Å². The van der Waals surface area contributed by atoms with Gasteiger partial charge in [-0.15, -0.1) is 0 Å². The van der Waals surface area contributed by atoms with E-state index in [1.54, 1.807) is 10.9 Å². The molecule has 0 spiro atoms. The number of carbonyl (C=O) groups is 1. The molecule has 1 aromatic carbocycles. The van der Waals surface area contributed by atoms with Crippen molar-refractivity contribution in [1.29, 1.82) is 0 Å². The van der Waals surface area contributed by atoms with Crippen LogP contribution < -0.4 is 5.32 Å². The Kier molecular flexibility index (Phi) is 6.63. The topological polar surface area (TPSA) is 63.1 Å². The summed E-state index contributed by atoms with van der Waals surface area (Å²) in [5, 5.41) is 7.38. The lowest BCUT2D eigenvalue weighted by Crippen LogP contribution is -2.51. The van der Waals surface area contributed by atoms with E-state index in [9.17, 15) is 18.0 Å². The van der Waals surface area contributed by atoms with E-state index in [4.69, 9.17) is 0 Å². The van der Waals surface area contributed by atoms with Gasteiger partial charge in [0.15, 0.2) is 0 Å². The summed E-state index contributed by atoms with van der Waals surface area (Å²) in [6.07, 6.45) is 1.90. The van der Waals surface area contributed by atoms with Gasteiger partial charge < -0.3 is 10.2 Å². The highest BCUT2D eigenvalue weighted by atomic mass is 19.4. The molecule has 1 aliphatic rings. The third kappa shape index (κ3) is 5.08. The number of nitrogens with one attached hydrogen (secondary N) is 1. The monoisotopic (exact) mass is 471 g/mol. The van der Waals surface area contributed by atoms with Crippen molar-refractivity contribution < 1.29 is 18.0 Å². The van der Waals surface area contributed by atoms with Crippen LogP contribution in [-0.4, -0.2) is 44.7 Å². The summed E-state index contributed by atoms with van der Waals surface area (Å²) in [7, 11) is 1.84. The van der Waals surface area contributed by atoms with E-state index in [1.165, 1.54) is 6.07 Å². The smallest absolute Gasteiger partial charge is 0.368 e.